The molecule has 0 unspecified atom stereocenters. The van der Waals surface area contributed by atoms with Crippen molar-refractivity contribution >= 4 is 5.97 Å². The third-order valence-electron chi connectivity index (χ3n) is 4.90. The van der Waals surface area contributed by atoms with Crippen LogP contribution in [0, 0.1) is 18.6 Å². The van der Waals surface area contributed by atoms with Gasteiger partial charge in [-0.05, 0) is 60.9 Å². The van der Waals surface area contributed by atoms with E-state index in [2.05, 4.69) is 4.98 Å². The van der Waals surface area contributed by atoms with Crippen LogP contribution < -0.4 is 0 Å². The molecule has 2 aromatic rings. The van der Waals surface area contributed by atoms with Gasteiger partial charge in [0, 0.05) is 6.20 Å². The number of carboxylic acids is 1. The van der Waals surface area contributed by atoms with Gasteiger partial charge in [0.1, 0.15) is 11.6 Å². The molecule has 3 rings (SSSR count). The van der Waals surface area contributed by atoms with E-state index in [1.807, 2.05) is 0 Å². The zero-order chi connectivity index (χ0) is 16.6. The van der Waals surface area contributed by atoms with Gasteiger partial charge in [0.05, 0.1) is 11.6 Å². The van der Waals surface area contributed by atoms with E-state index in [0.29, 0.717) is 36.0 Å². The lowest BCUT2D eigenvalue weighted by atomic mass is 9.76. The van der Waals surface area contributed by atoms with Crippen molar-refractivity contribution in [3.8, 4) is 0 Å². The molecule has 0 saturated heterocycles. The summed E-state index contributed by atoms with van der Waals surface area (Å²) in [6.45, 7) is 1.60. The first-order valence-electron chi connectivity index (χ1n) is 7.53. The van der Waals surface area contributed by atoms with Gasteiger partial charge >= 0.3 is 5.97 Å². The van der Waals surface area contributed by atoms with Crippen molar-refractivity contribution in [2.45, 2.75) is 37.5 Å². The fourth-order valence-corrected chi connectivity index (χ4v) is 3.66. The molecule has 0 amide bonds. The Labute approximate surface area is 133 Å². The molecule has 0 bridgehead atoms. The minimum Gasteiger partial charge on any atom is -0.481 e. The van der Waals surface area contributed by atoms with Crippen LogP contribution in [0.15, 0.2) is 36.7 Å². The summed E-state index contributed by atoms with van der Waals surface area (Å²) in [6.07, 6.45) is 4.02. The SMILES string of the molecule is Cc1c(F)cccc1[C@@]1(C(=O)O)CC[C@@H](c2cncc(F)c2)C1. The Balaban J connectivity index is 2.01. The van der Waals surface area contributed by atoms with E-state index >= 15 is 0 Å². The van der Waals surface area contributed by atoms with Gasteiger partial charge in [-0.15, -0.1) is 0 Å². The summed E-state index contributed by atoms with van der Waals surface area (Å²) in [5.74, 6) is -1.90. The molecule has 0 aliphatic heterocycles. The second kappa shape index (κ2) is 5.72. The Morgan fingerprint density at radius 3 is 2.83 bits per heavy atom. The minimum absolute atomic E-state index is 0.100. The number of carboxylic acid groups (broad SMARTS) is 1. The van der Waals surface area contributed by atoms with Crippen LogP contribution in [0.4, 0.5) is 8.78 Å². The average molecular weight is 317 g/mol. The number of benzene rings is 1. The Kier molecular flexibility index (Phi) is 3.88. The van der Waals surface area contributed by atoms with Crippen molar-refractivity contribution in [2.24, 2.45) is 0 Å². The predicted octanol–water partition coefficient (Wildman–Crippen LogP) is 3.96. The zero-order valence-electron chi connectivity index (χ0n) is 12.7. The number of rotatable bonds is 3. The molecule has 1 aromatic carbocycles. The first-order valence-corrected chi connectivity index (χ1v) is 7.53. The number of hydrogen-bond donors (Lipinski definition) is 1. The van der Waals surface area contributed by atoms with Gasteiger partial charge in [-0.1, -0.05) is 12.1 Å². The topological polar surface area (TPSA) is 50.2 Å². The number of halogens is 2. The maximum atomic E-state index is 13.9. The second-order valence-corrected chi connectivity index (χ2v) is 6.18. The summed E-state index contributed by atoms with van der Waals surface area (Å²) in [4.78, 5) is 15.9. The summed E-state index contributed by atoms with van der Waals surface area (Å²) in [5.41, 5.74) is 0.440. The number of hydrogen-bond acceptors (Lipinski definition) is 2. The smallest absolute Gasteiger partial charge is 0.314 e. The molecule has 1 aromatic heterocycles. The van der Waals surface area contributed by atoms with Crippen molar-refractivity contribution in [1.82, 2.24) is 4.98 Å². The fourth-order valence-electron chi connectivity index (χ4n) is 3.66. The second-order valence-electron chi connectivity index (χ2n) is 6.18. The molecule has 1 heterocycles. The molecule has 1 saturated carbocycles. The van der Waals surface area contributed by atoms with E-state index in [0.717, 1.165) is 6.20 Å². The third kappa shape index (κ3) is 2.60. The summed E-state index contributed by atoms with van der Waals surface area (Å²) < 4.78 is 27.3. The standard InChI is InChI=1S/C18H17F2NO2/c1-11-15(3-2-4-16(11)20)18(17(22)23)6-5-12(8-18)13-7-14(19)10-21-9-13/h2-4,7,9-10,12H,5-6,8H2,1H3,(H,22,23)/t12-,18-/m1/s1. The summed E-state index contributed by atoms with van der Waals surface area (Å²) in [7, 11) is 0. The minimum atomic E-state index is -1.14. The molecule has 5 heteroatoms. The van der Waals surface area contributed by atoms with Crippen LogP contribution in [-0.2, 0) is 10.2 Å². The Hall–Kier alpha value is -2.30. The van der Waals surface area contributed by atoms with Crippen molar-refractivity contribution in [1.29, 1.82) is 0 Å². The molecule has 1 N–H and O–H groups in total. The predicted molar refractivity (Wildman–Crippen MR) is 81.2 cm³/mol. The van der Waals surface area contributed by atoms with E-state index in [9.17, 15) is 18.7 Å². The van der Waals surface area contributed by atoms with Crippen LogP contribution in [0.1, 0.15) is 41.9 Å². The van der Waals surface area contributed by atoms with Crippen LogP contribution in [0.3, 0.4) is 0 Å². The van der Waals surface area contributed by atoms with Gasteiger partial charge in [0.2, 0.25) is 0 Å². The summed E-state index contributed by atoms with van der Waals surface area (Å²) >= 11 is 0. The summed E-state index contributed by atoms with van der Waals surface area (Å²) in [5, 5.41) is 9.84. The zero-order valence-corrected chi connectivity index (χ0v) is 12.7. The Morgan fingerprint density at radius 2 is 2.13 bits per heavy atom. The number of carbonyl (C=O) groups is 1. The van der Waals surface area contributed by atoms with Gasteiger partial charge < -0.3 is 5.11 Å². The van der Waals surface area contributed by atoms with Crippen LogP contribution in [0.25, 0.3) is 0 Å². The summed E-state index contributed by atoms with van der Waals surface area (Å²) in [6, 6.07) is 5.95. The maximum Gasteiger partial charge on any atom is 0.314 e. The average Bonchev–Trinajstić information content (AvgIpc) is 2.96. The first kappa shape index (κ1) is 15.6. The molecule has 23 heavy (non-hydrogen) atoms. The van der Waals surface area contributed by atoms with Crippen molar-refractivity contribution < 1.29 is 18.7 Å². The van der Waals surface area contributed by atoms with E-state index in [1.54, 1.807) is 25.3 Å². The molecule has 2 atom stereocenters. The fraction of sp³-hybridized carbons (Fsp3) is 0.333. The quantitative estimate of drug-likeness (QED) is 0.932. The van der Waals surface area contributed by atoms with E-state index in [4.69, 9.17) is 0 Å². The van der Waals surface area contributed by atoms with Gasteiger partial charge in [0.25, 0.3) is 0 Å². The molecule has 3 nitrogen and oxygen atoms in total. The molecule has 120 valence electrons. The monoisotopic (exact) mass is 317 g/mol. The largest absolute Gasteiger partial charge is 0.481 e. The maximum absolute atomic E-state index is 13.9. The number of pyridine rings is 1. The molecular formula is C18H17F2NO2. The first-order chi connectivity index (χ1) is 10.9. The lowest BCUT2D eigenvalue weighted by Gasteiger charge is -2.27. The number of aromatic nitrogens is 1. The van der Waals surface area contributed by atoms with Gasteiger partial charge in [0.15, 0.2) is 0 Å². The highest BCUT2D eigenvalue weighted by Gasteiger charge is 2.48. The third-order valence-corrected chi connectivity index (χ3v) is 4.90. The highest BCUT2D eigenvalue weighted by Crippen LogP contribution is 2.49. The molecular weight excluding hydrogens is 300 g/mol. The molecule has 1 aliphatic carbocycles. The highest BCUT2D eigenvalue weighted by atomic mass is 19.1. The van der Waals surface area contributed by atoms with Crippen molar-refractivity contribution in [2.75, 3.05) is 0 Å². The Bertz CT molecular complexity index is 762. The lowest BCUT2D eigenvalue weighted by Crippen LogP contribution is -2.34. The van der Waals surface area contributed by atoms with Gasteiger partial charge in [-0.2, -0.15) is 0 Å². The normalized spacial score (nSPS) is 23.9. The lowest BCUT2D eigenvalue weighted by molar-refractivity contribution is -0.143. The van der Waals surface area contributed by atoms with E-state index in [-0.39, 0.29) is 5.92 Å². The number of aliphatic carboxylic acids is 1. The number of nitrogens with zero attached hydrogens (tertiary/aromatic N) is 1. The molecule has 0 radical (unpaired) electrons. The van der Waals surface area contributed by atoms with Crippen LogP contribution in [-0.4, -0.2) is 16.1 Å². The van der Waals surface area contributed by atoms with E-state index < -0.39 is 23.0 Å². The van der Waals surface area contributed by atoms with Crippen molar-refractivity contribution in [3.63, 3.8) is 0 Å². The van der Waals surface area contributed by atoms with Gasteiger partial charge in [-0.3, -0.25) is 9.78 Å². The van der Waals surface area contributed by atoms with Crippen LogP contribution in [0.5, 0.6) is 0 Å². The Morgan fingerprint density at radius 1 is 1.35 bits per heavy atom. The van der Waals surface area contributed by atoms with Crippen molar-refractivity contribution in [3.05, 3.63) is 65.0 Å². The van der Waals surface area contributed by atoms with Gasteiger partial charge in [-0.25, -0.2) is 8.78 Å². The molecule has 0 spiro atoms. The van der Waals surface area contributed by atoms with Crippen LogP contribution in [0.2, 0.25) is 0 Å². The van der Waals surface area contributed by atoms with Crippen LogP contribution >= 0.6 is 0 Å². The highest BCUT2D eigenvalue weighted by molar-refractivity contribution is 5.82. The molecule has 1 fully saturated rings. The molecule has 1 aliphatic rings. The van der Waals surface area contributed by atoms with E-state index in [1.165, 1.54) is 12.1 Å².